The summed E-state index contributed by atoms with van der Waals surface area (Å²) in [5, 5.41) is 3.34. The van der Waals surface area contributed by atoms with Crippen molar-refractivity contribution < 1.29 is 4.79 Å². The van der Waals surface area contributed by atoms with Gasteiger partial charge in [0.2, 0.25) is 5.91 Å². The molecule has 1 atom stereocenters. The maximum absolute atomic E-state index is 12.3. The number of nitrogens with one attached hydrogen (secondary N) is 1. The fourth-order valence-electron chi connectivity index (χ4n) is 2.78. The average molecular weight is 230 g/mol. The van der Waals surface area contributed by atoms with Crippen LogP contribution in [0.4, 0.5) is 5.69 Å². The zero-order valence-electron chi connectivity index (χ0n) is 9.98. The van der Waals surface area contributed by atoms with Crippen LogP contribution in [-0.4, -0.2) is 29.9 Å². The van der Waals surface area contributed by atoms with Crippen molar-refractivity contribution in [3.63, 3.8) is 0 Å². The lowest BCUT2D eigenvalue weighted by Gasteiger charge is -2.29. The quantitative estimate of drug-likeness (QED) is 0.800. The summed E-state index contributed by atoms with van der Waals surface area (Å²) in [5.41, 5.74) is 2.39. The van der Waals surface area contributed by atoms with Crippen LogP contribution in [0.5, 0.6) is 0 Å². The molecule has 2 heterocycles. The van der Waals surface area contributed by atoms with Gasteiger partial charge in [-0.3, -0.25) is 4.79 Å². The molecular formula is C14H18N2O. The fraction of sp³-hybridized carbons (Fsp3) is 0.500. The predicted molar refractivity (Wildman–Crippen MR) is 68.0 cm³/mol. The Morgan fingerprint density at radius 2 is 1.94 bits per heavy atom. The number of para-hydroxylation sites is 1. The van der Waals surface area contributed by atoms with Gasteiger partial charge in [-0.05, 0) is 30.9 Å². The maximum atomic E-state index is 12.3. The molecule has 2 aliphatic heterocycles. The van der Waals surface area contributed by atoms with Gasteiger partial charge in [-0.15, -0.1) is 0 Å². The zero-order valence-corrected chi connectivity index (χ0v) is 9.98. The molecule has 1 N–H and O–H groups in total. The first-order valence-corrected chi connectivity index (χ1v) is 6.48. The van der Waals surface area contributed by atoms with Gasteiger partial charge in [0.25, 0.3) is 0 Å². The topological polar surface area (TPSA) is 32.3 Å². The lowest BCUT2D eigenvalue weighted by molar-refractivity contribution is -0.132. The molecule has 1 fully saturated rings. The van der Waals surface area contributed by atoms with Crippen LogP contribution in [0.15, 0.2) is 24.3 Å². The van der Waals surface area contributed by atoms with Gasteiger partial charge in [0.15, 0.2) is 0 Å². The number of anilines is 1. The second kappa shape index (κ2) is 4.40. The highest BCUT2D eigenvalue weighted by molar-refractivity contribution is 5.87. The monoisotopic (exact) mass is 230 g/mol. The third-order valence-corrected chi connectivity index (χ3v) is 3.74. The molecule has 0 bridgehead atoms. The highest BCUT2D eigenvalue weighted by Gasteiger charge is 2.30. The van der Waals surface area contributed by atoms with Crippen LogP contribution in [-0.2, 0) is 11.2 Å². The van der Waals surface area contributed by atoms with E-state index >= 15 is 0 Å². The van der Waals surface area contributed by atoms with E-state index in [1.54, 1.807) is 0 Å². The molecule has 2 aliphatic rings. The Morgan fingerprint density at radius 1 is 1.18 bits per heavy atom. The van der Waals surface area contributed by atoms with E-state index in [0.717, 1.165) is 38.0 Å². The number of fused-ring (bicyclic) bond motifs is 1. The standard InChI is InChI=1S/C14H18N2O/c17-14(16-8-4-1-5-9-16)13-10-11-6-2-3-7-12(11)15-13/h2-3,6-7,13,15H,1,4-5,8-10H2. The molecule has 0 saturated carbocycles. The molecule has 1 aromatic rings. The number of carbonyl (C=O) groups excluding carboxylic acids is 1. The molecule has 1 saturated heterocycles. The fourth-order valence-corrected chi connectivity index (χ4v) is 2.78. The zero-order chi connectivity index (χ0) is 11.7. The van der Waals surface area contributed by atoms with Crippen LogP contribution in [0.1, 0.15) is 24.8 Å². The third-order valence-electron chi connectivity index (χ3n) is 3.74. The summed E-state index contributed by atoms with van der Waals surface area (Å²) in [6, 6.07) is 8.17. The van der Waals surface area contributed by atoms with Crippen molar-refractivity contribution in [2.45, 2.75) is 31.7 Å². The number of carbonyl (C=O) groups is 1. The van der Waals surface area contributed by atoms with E-state index in [0.29, 0.717) is 0 Å². The van der Waals surface area contributed by atoms with Crippen LogP contribution >= 0.6 is 0 Å². The van der Waals surface area contributed by atoms with E-state index in [1.807, 2.05) is 17.0 Å². The lowest BCUT2D eigenvalue weighted by atomic mass is 10.1. The summed E-state index contributed by atoms with van der Waals surface area (Å²) in [4.78, 5) is 14.4. The van der Waals surface area contributed by atoms with E-state index in [-0.39, 0.29) is 11.9 Å². The number of benzene rings is 1. The van der Waals surface area contributed by atoms with Crippen LogP contribution in [0.2, 0.25) is 0 Å². The number of nitrogens with zero attached hydrogens (tertiary/aromatic N) is 1. The first-order chi connectivity index (χ1) is 8.34. The molecule has 0 radical (unpaired) electrons. The van der Waals surface area contributed by atoms with Gasteiger partial charge in [-0.2, -0.15) is 0 Å². The minimum absolute atomic E-state index is 0.0366. The molecule has 17 heavy (non-hydrogen) atoms. The summed E-state index contributed by atoms with van der Waals surface area (Å²) in [7, 11) is 0. The SMILES string of the molecule is O=C(C1Cc2ccccc2N1)N1CCCCC1. The van der Waals surface area contributed by atoms with Gasteiger partial charge >= 0.3 is 0 Å². The Bertz CT molecular complexity index is 399. The Hall–Kier alpha value is -1.51. The number of amides is 1. The van der Waals surface area contributed by atoms with Gasteiger partial charge in [0, 0.05) is 25.2 Å². The molecule has 3 heteroatoms. The Morgan fingerprint density at radius 3 is 2.71 bits per heavy atom. The van der Waals surface area contributed by atoms with Gasteiger partial charge in [-0.25, -0.2) is 0 Å². The van der Waals surface area contributed by atoms with Crippen molar-refractivity contribution in [1.29, 1.82) is 0 Å². The van der Waals surface area contributed by atoms with Crippen molar-refractivity contribution >= 4 is 11.6 Å². The molecule has 3 nitrogen and oxygen atoms in total. The second-order valence-electron chi connectivity index (χ2n) is 4.94. The largest absolute Gasteiger partial charge is 0.373 e. The van der Waals surface area contributed by atoms with Gasteiger partial charge < -0.3 is 10.2 Å². The van der Waals surface area contributed by atoms with Crippen LogP contribution < -0.4 is 5.32 Å². The molecule has 0 spiro atoms. The van der Waals surface area contributed by atoms with Crippen molar-refractivity contribution in [2.24, 2.45) is 0 Å². The molecule has 1 amide bonds. The molecule has 90 valence electrons. The van der Waals surface area contributed by atoms with E-state index in [9.17, 15) is 4.79 Å². The van der Waals surface area contributed by atoms with E-state index < -0.39 is 0 Å². The Kier molecular flexibility index (Phi) is 2.75. The predicted octanol–water partition coefficient (Wildman–Crippen LogP) is 2.04. The number of likely N-dealkylation sites (tertiary alicyclic amines) is 1. The molecule has 1 aromatic carbocycles. The Balaban J connectivity index is 1.69. The average Bonchev–Trinajstić information content (AvgIpc) is 2.82. The van der Waals surface area contributed by atoms with Gasteiger partial charge in [0.1, 0.15) is 6.04 Å². The molecular weight excluding hydrogens is 212 g/mol. The minimum Gasteiger partial charge on any atom is -0.373 e. The molecule has 0 aliphatic carbocycles. The van der Waals surface area contributed by atoms with E-state index in [4.69, 9.17) is 0 Å². The lowest BCUT2D eigenvalue weighted by Crippen LogP contribution is -2.44. The number of piperidine rings is 1. The first kappa shape index (κ1) is 10.6. The van der Waals surface area contributed by atoms with Crippen molar-refractivity contribution in [3.05, 3.63) is 29.8 Å². The first-order valence-electron chi connectivity index (χ1n) is 6.48. The van der Waals surface area contributed by atoms with Crippen LogP contribution in [0.25, 0.3) is 0 Å². The maximum Gasteiger partial charge on any atom is 0.245 e. The van der Waals surface area contributed by atoms with Crippen molar-refractivity contribution in [1.82, 2.24) is 4.90 Å². The summed E-state index contributed by atoms with van der Waals surface area (Å²) in [5.74, 6) is 0.279. The smallest absolute Gasteiger partial charge is 0.245 e. The Labute approximate surface area is 102 Å². The summed E-state index contributed by atoms with van der Waals surface area (Å²) < 4.78 is 0. The van der Waals surface area contributed by atoms with Crippen LogP contribution in [0.3, 0.4) is 0 Å². The molecule has 1 unspecified atom stereocenters. The van der Waals surface area contributed by atoms with Crippen LogP contribution in [0, 0.1) is 0 Å². The highest BCUT2D eigenvalue weighted by Crippen LogP contribution is 2.26. The summed E-state index contributed by atoms with van der Waals surface area (Å²) >= 11 is 0. The molecule has 3 rings (SSSR count). The van der Waals surface area contributed by atoms with Crippen molar-refractivity contribution in [2.75, 3.05) is 18.4 Å². The number of rotatable bonds is 1. The summed E-state index contributed by atoms with van der Waals surface area (Å²) in [6.45, 7) is 1.88. The highest BCUT2D eigenvalue weighted by atomic mass is 16.2. The summed E-state index contributed by atoms with van der Waals surface area (Å²) in [6.07, 6.45) is 4.42. The second-order valence-corrected chi connectivity index (χ2v) is 4.94. The van der Waals surface area contributed by atoms with E-state index in [2.05, 4.69) is 17.4 Å². The number of hydrogen-bond acceptors (Lipinski definition) is 2. The third kappa shape index (κ3) is 2.02. The minimum atomic E-state index is -0.0366. The van der Waals surface area contributed by atoms with Crippen molar-refractivity contribution in [3.8, 4) is 0 Å². The molecule has 0 aromatic heterocycles. The van der Waals surface area contributed by atoms with E-state index in [1.165, 1.54) is 12.0 Å². The normalized spacial score (nSPS) is 23.1. The van der Waals surface area contributed by atoms with Gasteiger partial charge in [-0.1, -0.05) is 18.2 Å². The number of hydrogen-bond donors (Lipinski definition) is 1. The van der Waals surface area contributed by atoms with Gasteiger partial charge in [0.05, 0.1) is 0 Å².